The molecule has 1 aliphatic rings. The average Bonchev–Trinajstić information content (AvgIpc) is 2.77. The topological polar surface area (TPSA) is 53.1 Å². The standard InChI is InChI=1S/C24H29F2N5/c1-15-8-13-20(25)19(22(15)26)14-27-16-9-11-17(12-10-16)28-24-29-21-7-5-4-6-18(21)23(30-24)31(2)3/h4-8,13,16-17,27H,9-12,14H2,1-3H3,(H,28,29,30). The molecule has 1 aromatic heterocycles. The van der Waals surface area contributed by atoms with Crippen LogP contribution in [-0.4, -0.2) is 36.1 Å². The Morgan fingerprint density at radius 1 is 0.968 bits per heavy atom. The number of nitrogens with zero attached hydrogens (tertiary/aromatic N) is 3. The van der Waals surface area contributed by atoms with Gasteiger partial charge < -0.3 is 15.5 Å². The third kappa shape index (κ3) is 4.77. The van der Waals surface area contributed by atoms with Gasteiger partial charge in [-0.15, -0.1) is 0 Å². The van der Waals surface area contributed by atoms with Crippen LogP contribution in [0.4, 0.5) is 20.5 Å². The molecule has 1 fully saturated rings. The molecule has 0 amide bonds. The predicted octanol–water partition coefficient (Wildman–Crippen LogP) is 4.80. The van der Waals surface area contributed by atoms with Crippen LogP contribution in [0.2, 0.25) is 0 Å². The summed E-state index contributed by atoms with van der Waals surface area (Å²) in [5.74, 6) is 0.595. The first-order valence-corrected chi connectivity index (χ1v) is 10.8. The van der Waals surface area contributed by atoms with Gasteiger partial charge in [-0.2, -0.15) is 4.98 Å². The van der Waals surface area contributed by atoms with E-state index in [1.165, 1.54) is 12.1 Å². The van der Waals surface area contributed by atoms with Crippen LogP contribution < -0.4 is 15.5 Å². The number of aromatic nitrogens is 2. The number of aryl methyl sites for hydroxylation is 1. The van der Waals surface area contributed by atoms with Gasteiger partial charge in [0, 0.05) is 43.7 Å². The Morgan fingerprint density at radius 2 is 1.68 bits per heavy atom. The van der Waals surface area contributed by atoms with Crippen molar-refractivity contribution in [3.05, 3.63) is 59.2 Å². The second kappa shape index (κ2) is 9.14. The Morgan fingerprint density at radius 3 is 2.42 bits per heavy atom. The molecule has 4 rings (SSSR count). The molecular weight excluding hydrogens is 396 g/mol. The Balaban J connectivity index is 1.36. The lowest BCUT2D eigenvalue weighted by Gasteiger charge is -2.30. The fourth-order valence-electron chi connectivity index (χ4n) is 4.21. The highest BCUT2D eigenvalue weighted by Gasteiger charge is 2.23. The number of benzene rings is 2. The molecule has 0 saturated heterocycles. The van der Waals surface area contributed by atoms with Gasteiger partial charge in [0.05, 0.1) is 5.52 Å². The molecule has 3 aromatic rings. The quantitative estimate of drug-likeness (QED) is 0.594. The van der Waals surface area contributed by atoms with E-state index >= 15 is 0 Å². The summed E-state index contributed by atoms with van der Waals surface area (Å²) in [5, 5.41) is 7.85. The van der Waals surface area contributed by atoms with Gasteiger partial charge >= 0.3 is 0 Å². The van der Waals surface area contributed by atoms with Gasteiger partial charge in [0.15, 0.2) is 0 Å². The van der Waals surface area contributed by atoms with Crippen molar-refractivity contribution in [2.45, 2.75) is 51.2 Å². The molecule has 0 aliphatic heterocycles. The SMILES string of the molecule is Cc1ccc(F)c(CNC2CCC(Nc3nc(N(C)C)c4ccccc4n3)CC2)c1F. The van der Waals surface area contributed by atoms with Crippen LogP contribution in [0.25, 0.3) is 10.9 Å². The molecular formula is C24H29F2N5. The van der Waals surface area contributed by atoms with Crippen molar-refractivity contribution in [3.63, 3.8) is 0 Å². The summed E-state index contributed by atoms with van der Waals surface area (Å²) in [7, 11) is 3.96. The maximum Gasteiger partial charge on any atom is 0.225 e. The van der Waals surface area contributed by atoms with E-state index in [1.54, 1.807) is 6.92 Å². The van der Waals surface area contributed by atoms with E-state index in [0.717, 1.165) is 42.4 Å². The van der Waals surface area contributed by atoms with Gasteiger partial charge in [-0.1, -0.05) is 18.2 Å². The van der Waals surface area contributed by atoms with Crippen molar-refractivity contribution in [2.24, 2.45) is 0 Å². The molecule has 0 bridgehead atoms. The molecule has 1 heterocycles. The highest BCUT2D eigenvalue weighted by Crippen LogP contribution is 2.26. The van der Waals surface area contributed by atoms with E-state index in [4.69, 9.17) is 4.98 Å². The highest BCUT2D eigenvalue weighted by molar-refractivity contribution is 5.90. The summed E-state index contributed by atoms with van der Waals surface area (Å²) < 4.78 is 28.2. The Hall–Kier alpha value is -2.80. The first-order valence-electron chi connectivity index (χ1n) is 10.8. The summed E-state index contributed by atoms with van der Waals surface area (Å²) in [4.78, 5) is 11.4. The lowest BCUT2D eigenvalue weighted by molar-refractivity contribution is 0.348. The smallest absolute Gasteiger partial charge is 0.225 e. The predicted molar refractivity (Wildman–Crippen MR) is 121 cm³/mol. The van der Waals surface area contributed by atoms with E-state index in [9.17, 15) is 8.78 Å². The largest absolute Gasteiger partial charge is 0.362 e. The van der Waals surface area contributed by atoms with Crippen LogP contribution in [-0.2, 0) is 6.54 Å². The van der Waals surface area contributed by atoms with E-state index in [2.05, 4.69) is 15.6 Å². The molecule has 0 spiro atoms. The number of fused-ring (bicyclic) bond motifs is 1. The second-order valence-corrected chi connectivity index (χ2v) is 8.51. The molecule has 2 N–H and O–H groups in total. The lowest BCUT2D eigenvalue weighted by Crippen LogP contribution is -2.37. The normalized spacial score (nSPS) is 18.9. The van der Waals surface area contributed by atoms with Gasteiger partial charge in [0.2, 0.25) is 5.95 Å². The molecule has 2 aromatic carbocycles. The van der Waals surface area contributed by atoms with Crippen LogP contribution in [0.15, 0.2) is 36.4 Å². The number of hydrogen-bond donors (Lipinski definition) is 2. The molecule has 1 aliphatic carbocycles. The molecule has 7 heteroatoms. The highest BCUT2D eigenvalue weighted by atomic mass is 19.1. The van der Waals surface area contributed by atoms with Crippen molar-refractivity contribution >= 4 is 22.7 Å². The first kappa shape index (κ1) is 21.4. The third-order valence-electron chi connectivity index (χ3n) is 6.01. The molecule has 0 radical (unpaired) electrons. The average molecular weight is 426 g/mol. The number of rotatable bonds is 6. The monoisotopic (exact) mass is 425 g/mol. The summed E-state index contributed by atoms with van der Waals surface area (Å²) >= 11 is 0. The van der Waals surface area contributed by atoms with Crippen molar-refractivity contribution in [3.8, 4) is 0 Å². The summed E-state index contributed by atoms with van der Waals surface area (Å²) in [6.07, 6.45) is 3.76. The second-order valence-electron chi connectivity index (χ2n) is 8.51. The lowest BCUT2D eigenvalue weighted by atomic mass is 9.91. The van der Waals surface area contributed by atoms with Gasteiger partial charge in [0.1, 0.15) is 17.5 Å². The maximum absolute atomic E-state index is 14.2. The van der Waals surface area contributed by atoms with E-state index in [-0.39, 0.29) is 24.2 Å². The fourth-order valence-corrected chi connectivity index (χ4v) is 4.21. The van der Waals surface area contributed by atoms with Crippen LogP contribution in [0, 0.1) is 18.6 Å². The van der Waals surface area contributed by atoms with Crippen molar-refractivity contribution < 1.29 is 8.78 Å². The molecule has 1 saturated carbocycles. The minimum absolute atomic E-state index is 0.126. The number of nitrogens with one attached hydrogen (secondary N) is 2. The number of hydrogen-bond acceptors (Lipinski definition) is 5. The summed E-state index contributed by atoms with van der Waals surface area (Å²) in [6, 6.07) is 11.3. The number of halogens is 2. The minimum atomic E-state index is -0.490. The van der Waals surface area contributed by atoms with Crippen molar-refractivity contribution in [2.75, 3.05) is 24.3 Å². The van der Waals surface area contributed by atoms with E-state index < -0.39 is 11.6 Å². The molecule has 31 heavy (non-hydrogen) atoms. The van der Waals surface area contributed by atoms with Crippen LogP contribution >= 0.6 is 0 Å². The fraction of sp³-hybridized carbons (Fsp3) is 0.417. The van der Waals surface area contributed by atoms with E-state index in [1.807, 2.05) is 43.3 Å². The maximum atomic E-state index is 14.2. The summed E-state index contributed by atoms with van der Waals surface area (Å²) in [5.41, 5.74) is 1.51. The van der Waals surface area contributed by atoms with Gasteiger partial charge in [-0.05, 0) is 56.4 Å². The van der Waals surface area contributed by atoms with Crippen molar-refractivity contribution in [1.29, 1.82) is 0 Å². The van der Waals surface area contributed by atoms with Crippen LogP contribution in [0.3, 0.4) is 0 Å². The zero-order valence-electron chi connectivity index (χ0n) is 18.3. The third-order valence-corrected chi connectivity index (χ3v) is 6.01. The molecule has 0 atom stereocenters. The zero-order valence-corrected chi connectivity index (χ0v) is 18.3. The van der Waals surface area contributed by atoms with E-state index in [0.29, 0.717) is 11.5 Å². The molecule has 5 nitrogen and oxygen atoms in total. The van der Waals surface area contributed by atoms with Crippen LogP contribution in [0.5, 0.6) is 0 Å². The summed E-state index contributed by atoms with van der Waals surface area (Å²) in [6.45, 7) is 1.87. The van der Waals surface area contributed by atoms with Gasteiger partial charge in [0.25, 0.3) is 0 Å². The van der Waals surface area contributed by atoms with Gasteiger partial charge in [-0.3, -0.25) is 0 Å². The van der Waals surface area contributed by atoms with Crippen LogP contribution in [0.1, 0.15) is 36.8 Å². The molecule has 0 unspecified atom stereocenters. The molecule has 164 valence electrons. The zero-order chi connectivity index (χ0) is 22.0. The Bertz CT molecular complexity index is 1060. The number of anilines is 2. The van der Waals surface area contributed by atoms with Gasteiger partial charge in [-0.25, -0.2) is 13.8 Å². The number of para-hydroxylation sites is 1. The van der Waals surface area contributed by atoms with Crippen molar-refractivity contribution in [1.82, 2.24) is 15.3 Å². The minimum Gasteiger partial charge on any atom is -0.362 e. The first-order chi connectivity index (χ1) is 14.9. The Kier molecular flexibility index (Phi) is 6.32. The Labute approximate surface area is 181 Å².